The van der Waals surface area contributed by atoms with Crippen molar-refractivity contribution in [1.82, 2.24) is 15.8 Å². The zero-order valence-electron chi connectivity index (χ0n) is 21.9. The summed E-state index contributed by atoms with van der Waals surface area (Å²) < 4.78 is 14.2. The summed E-state index contributed by atoms with van der Waals surface area (Å²) in [6.45, 7) is 10.2. The minimum absolute atomic E-state index is 0.316. The molecule has 0 saturated carbocycles. The molecule has 212 valence electrons. The normalized spacial score (nSPS) is 19.4. The fraction of sp³-hybridized carbons (Fsp3) is 0.750. The molecule has 0 radical (unpaired) electrons. The second-order valence-corrected chi connectivity index (χ2v) is 11.8. The van der Waals surface area contributed by atoms with E-state index >= 15 is 0 Å². The molecule has 0 bridgehead atoms. The van der Waals surface area contributed by atoms with Crippen LogP contribution in [0.25, 0.3) is 0 Å². The maximum atomic E-state index is 13.0. The average Bonchev–Trinajstić information content (AvgIpc) is 2.84. The van der Waals surface area contributed by atoms with Gasteiger partial charge < -0.3 is 19.5 Å². The molecule has 1 rings (SSSR count). The van der Waals surface area contributed by atoms with Crippen LogP contribution in [0.15, 0.2) is 12.7 Å². The van der Waals surface area contributed by atoms with Crippen molar-refractivity contribution < 1.29 is 33.4 Å². The van der Waals surface area contributed by atoms with Crippen molar-refractivity contribution in [3.05, 3.63) is 12.7 Å². The number of methoxy groups -OCH3 is 1. The highest BCUT2D eigenvalue weighted by Gasteiger charge is 2.36. The Labute approximate surface area is 233 Å². The van der Waals surface area contributed by atoms with E-state index in [0.717, 1.165) is 0 Å². The lowest BCUT2D eigenvalue weighted by molar-refractivity contribution is -0.166. The third-order valence-electron chi connectivity index (χ3n) is 5.84. The molecule has 13 heteroatoms. The van der Waals surface area contributed by atoms with Crippen LogP contribution in [-0.2, 0) is 33.4 Å². The molecule has 0 spiro atoms. The van der Waals surface area contributed by atoms with Crippen molar-refractivity contribution >= 4 is 58.6 Å². The predicted octanol–water partition coefficient (Wildman–Crippen LogP) is 3.09. The van der Waals surface area contributed by atoms with Gasteiger partial charge >= 0.3 is 11.9 Å². The maximum absolute atomic E-state index is 13.0. The Kier molecular flexibility index (Phi) is 14.2. The van der Waals surface area contributed by atoms with E-state index in [-0.39, 0.29) is 12.0 Å². The van der Waals surface area contributed by atoms with Gasteiger partial charge in [-0.1, -0.05) is 54.7 Å². The topological polar surface area (TPSA) is 123 Å². The number of esters is 2. The number of hydrogen-bond donors (Lipinski definition) is 2. The Balaban J connectivity index is 2.75. The fourth-order valence-electron chi connectivity index (χ4n) is 3.69. The minimum atomic E-state index is -1.75. The number of carbonyl (C=O) groups excluding carboxylic acids is 4. The molecule has 1 aliphatic heterocycles. The van der Waals surface area contributed by atoms with Gasteiger partial charge in [-0.15, -0.1) is 6.58 Å². The van der Waals surface area contributed by atoms with Gasteiger partial charge in [-0.3, -0.25) is 24.2 Å². The molecular formula is C24H38Cl3N3O7. The average molecular weight is 587 g/mol. The van der Waals surface area contributed by atoms with Gasteiger partial charge in [-0.2, -0.15) is 0 Å². The first-order valence-electron chi connectivity index (χ1n) is 12.2. The number of nitrogens with one attached hydrogen (secondary N) is 2. The number of carbonyl (C=O) groups is 4. The van der Waals surface area contributed by atoms with Gasteiger partial charge in [0.2, 0.25) is 3.79 Å². The van der Waals surface area contributed by atoms with Crippen LogP contribution >= 0.6 is 34.8 Å². The smallest absolute Gasteiger partial charge is 0.325 e. The Morgan fingerprint density at radius 2 is 1.84 bits per heavy atom. The van der Waals surface area contributed by atoms with Gasteiger partial charge in [-0.25, -0.2) is 5.43 Å². The molecule has 1 aliphatic rings. The largest absolute Gasteiger partial charge is 0.460 e. The SMILES string of the molecule is C=CCC[C@@H](OC)[C@@H](C)C(=O)O[C@H](C(=O)N[C@@H](C)C(=O)N1CCC[C@@H](C(=O)OCC(Cl)(Cl)Cl)N1)C(C)C. The molecule has 1 fully saturated rings. The zero-order valence-corrected chi connectivity index (χ0v) is 24.2. The maximum Gasteiger partial charge on any atom is 0.325 e. The van der Waals surface area contributed by atoms with Crippen molar-refractivity contribution in [3.8, 4) is 0 Å². The fourth-order valence-corrected chi connectivity index (χ4v) is 3.85. The van der Waals surface area contributed by atoms with E-state index < -0.39 is 58.3 Å². The van der Waals surface area contributed by atoms with Crippen molar-refractivity contribution in [2.24, 2.45) is 11.8 Å². The summed E-state index contributed by atoms with van der Waals surface area (Å²) in [5.74, 6) is -3.27. The minimum Gasteiger partial charge on any atom is -0.460 e. The molecule has 0 aromatic carbocycles. The van der Waals surface area contributed by atoms with Gasteiger partial charge in [0.15, 0.2) is 6.10 Å². The number of allylic oxidation sites excluding steroid dienone is 1. The van der Waals surface area contributed by atoms with Crippen LogP contribution in [0.3, 0.4) is 0 Å². The van der Waals surface area contributed by atoms with E-state index in [1.54, 1.807) is 26.8 Å². The quantitative estimate of drug-likeness (QED) is 0.192. The van der Waals surface area contributed by atoms with Crippen LogP contribution in [0, 0.1) is 11.8 Å². The number of hydrogen-bond acceptors (Lipinski definition) is 8. The summed E-state index contributed by atoms with van der Waals surface area (Å²) in [5.41, 5.74) is 2.80. The Morgan fingerprint density at radius 3 is 2.38 bits per heavy atom. The summed E-state index contributed by atoms with van der Waals surface area (Å²) in [5, 5.41) is 3.86. The van der Waals surface area contributed by atoms with Gasteiger partial charge in [0.25, 0.3) is 11.8 Å². The Morgan fingerprint density at radius 1 is 1.19 bits per heavy atom. The summed E-state index contributed by atoms with van der Waals surface area (Å²) in [7, 11) is 1.51. The van der Waals surface area contributed by atoms with Gasteiger partial charge in [0.05, 0.1) is 12.0 Å². The number of hydrazine groups is 1. The van der Waals surface area contributed by atoms with Crippen molar-refractivity contribution in [1.29, 1.82) is 0 Å². The number of ether oxygens (including phenoxy) is 3. The monoisotopic (exact) mass is 585 g/mol. The van der Waals surface area contributed by atoms with Crippen molar-refractivity contribution in [3.63, 3.8) is 0 Å². The number of amides is 2. The zero-order chi connectivity index (χ0) is 28.3. The van der Waals surface area contributed by atoms with Crippen LogP contribution in [0.2, 0.25) is 0 Å². The summed E-state index contributed by atoms with van der Waals surface area (Å²) in [6.07, 6.45) is 2.43. The lowest BCUT2D eigenvalue weighted by Crippen LogP contribution is -2.60. The molecule has 0 aromatic heterocycles. The third kappa shape index (κ3) is 11.4. The molecule has 2 amide bonds. The molecule has 5 atom stereocenters. The third-order valence-corrected chi connectivity index (χ3v) is 6.17. The van der Waals surface area contributed by atoms with Crippen LogP contribution in [0.4, 0.5) is 0 Å². The molecule has 1 heterocycles. The van der Waals surface area contributed by atoms with E-state index in [0.29, 0.717) is 32.2 Å². The van der Waals surface area contributed by atoms with Gasteiger partial charge in [0.1, 0.15) is 18.7 Å². The van der Waals surface area contributed by atoms with Crippen LogP contribution in [0.5, 0.6) is 0 Å². The van der Waals surface area contributed by atoms with E-state index in [1.807, 2.05) is 0 Å². The molecule has 10 nitrogen and oxygen atoms in total. The predicted molar refractivity (Wildman–Crippen MR) is 141 cm³/mol. The van der Waals surface area contributed by atoms with E-state index in [2.05, 4.69) is 17.3 Å². The molecular weight excluding hydrogens is 549 g/mol. The molecule has 0 aromatic rings. The van der Waals surface area contributed by atoms with Crippen molar-refractivity contribution in [2.75, 3.05) is 20.3 Å². The summed E-state index contributed by atoms with van der Waals surface area (Å²) >= 11 is 16.8. The van der Waals surface area contributed by atoms with E-state index in [9.17, 15) is 19.2 Å². The van der Waals surface area contributed by atoms with Crippen LogP contribution < -0.4 is 10.7 Å². The second kappa shape index (κ2) is 15.7. The second-order valence-electron chi connectivity index (χ2n) is 9.30. The number of halogens is 3. The van der Waals surface area contributed by atoms with Gasteiger partial charge in [-0.05, 0) is 45.4 Å². The molecule has 37 heavy (non-hydrogen) atoms. The highest BCUT2D eigenvalue weighted by Crippen LogP contribution is 2.26. The van der Waals surface area contributed by atoms with Crippen LogP contribution in [0.1, 0.15) is 53.4 Å². The first-order valence-corrected chi connectivity index (χ1v) is 13.3. The molecule has 0 unspecified atom stereocenters. The molecule has 0 aliphatic carbocycles. The number of rotatable bonds is 13. The summed E-state index contributed by atoms with van der Waals surface area (Å²) in [4.78, 5) is 51.0. The number of nitrogens with zero attached hydrogens (tertiary/aromatic N) is 1. The lowest BCUT2D eigenvalue weighted by Gasteiger charge is -2.34. The lowest BCUT2D eigenvalue weighted by atomic mass is 9.99. The number of alkyl halides is 3. The Bertz CT molecular complexity index is 807. The Hall–Kier alpha value is -1.59. The molecule has 2 N–H and O–H groups in total. The highest BCUT2D eigenvalue weighted by atomic mass is 35.6. The van der Waals surface area contributed by atoms with Gasteiger partial charge in [0, 0.05) is 13.7 Å². The summed E-state index contributed by atoms with van der Waals surface area (Å²) in [6, 6.07) is -1.78. The standard InChI is InChI=1S/C24H38Cl3N3O7/c1-7-8-11-18(35-6)15(4)22(33)37-19(14(2)3)20(31)28-16(5)21(32)30-12-9-10-17(29-30)23(34)36-13-24(25,26)27/h7,14-19,29H,1,8-13H2,2-6H3,(H,28,31)/t15-,16+,17+,18-,19+/m1/s1. The molecule has 1 saturated heterocycles. The first kappa shape index (κ1) is 33.4. The van der Waals surface area contributed by atoms with E-state index in [1.165, 1.54) is 19.0 Å². The van der Waals surface area contributed by atoms with Crippen LogP contribution in [-0.4, -0.2) is 77.1 Å². The first-order chi connectivity index (χ1) is 17.2. The van der Waals surface area contributed by atoms with Crippen molar-refractivity contribution in [2.45, 2.75) is 81.5 Å². The highest BCUT2D eigenvalue weighted by molar-refractivity contribution is 6.67. The van der Waals surface area contributed by atoms with E-state index in [4.69, 9.17) is 49.0 Å².